The van der Waals surface area contributed by atoms with Gasteiger partial charge in [-0.25, -0.2) is 0 Å². The monoisotopic (exact) mass is 120 g/mol. The van der Waals surface area contributed by atoms with E-state index in [0.29, 0.717) is 5.92 Å². The summed E-state index contributed by atoms with van der Waals surface area (Å²) in [6.07, 6.45) is 7.85. The lowest BCUT2D eigenvalue weighted by molar-refractivity contribution is -0.110. The summed E-state index contributed by atoms with van der Waals surface area (Å²) in [4.78, 5) is 10.7. The average molecular weight is 120 g/mol. The van der Waals surface area contributed by atoms with Gasteiger partial charge in [-0.1, -0.05) is 11.6 Å². The molecule has 2 rings (SSSR count). The number of allylic oxidation sites excluding steroid dienone is 4. The average Bonchev–Trinajstić information content (AvgIpc) is 1.78. The van der Waals surface area contributed by atoms with Gasteiger partial charge in [-0.05, 0) is 30.9 Å². The van der Waals surface area contributed by atoms with E-state index in [9.17, 15) is 4.79 Å². The van der Waals surface area contributed by atoms with Crippen molar-refractivity contribution in [1.29, 1.82) is 0 Å². The molecule has 1 saturated carbocycles. The van der Waals surface area contributed by atoms with Gasteiger partial charge in [0, 0.05) is 0 Å². The Hall–Kier alpha value is -0.850. The smallest absolute Gasteiger partial charge is 0.178 e. The van der Waals surface area contributed by atoms with Gasteiger partial charge in [0.2, 0.25) is 0 Å². The van der Waals surface area contributed by atoms with Gasteiger partial charge in [-0.3, -0.25) is 4.79 Å². The summed E-state index contributed by atoms with van der Waals surface area (Å²) in [5, 5.41) is 0. The molecule has 1 nitrogen and oxygen atoms in total. The zero-order chi connectivity index (χ0) is 6.27. The summed E-state index contributed by atoms with van der Waals surface area (Å²) in [5.41, 5.74) is 1.34. The summed E-state index contributed by atoms with van der Waals surface area (Å²) in [7, 11) is 0. The number of ketones is 1. The number of hydrogen-bond donors (Lipinski definition) is 0. The molecule has 1 heteroatoms. The Balaban J connectivity index is 2.29. The molecule has 0 aromatic heterocycles. The maximum absolute atomic E-state index is 10.7. The van der Waals surface area contributed by atoms with Crippen LogP contribution in [0.4, 0.5) is 0 Å². The van der Waals surface area contributed by atoms with Crippen molar-refractivity contribution in [2.45, 2.75) is 12.8 Å². The highest BCUT2D eigenvalue weighted by Crippen LogP contribution is 2.36. The Labute approximate surface area is 54.1 Å². The van der Waals surface area contributed by atoms with Crippen LogP contribution in [0, 0.1) is 5.92 Å². The zero-order valence-electron chi connectivity index (χ0n) is 5.13. The zero-order valence-corrected chi connectivity index (χ0v) is 5.13. The van der Waals surface area contributed by atoms with Crippen LogP contribution in [-0.2, 0) is 4.79 Å². The molecule has 0 heterocycles. The van der Waals surface area contributed by atoms with Gasteiger partial charge in [0.25, 0.3) is 0 Å². The Morgan fingerprint density at radius 2 is 2.44 bits per heavy atom. The minimum absolute atomic E-state index is 0.168. The highest BCUT2D eigenvalue weighted by molar-refractivity contribution is 6.01. The molecule has 0 N–H and O–H groups in total. The van der Waals surface area contributed by atoms with Crippen molar-refractivity contribution >= 4 is 5.78 Å². The molecule has 1 unspecified atom stereocenters. The Morgan fingerprint density at radius 3 is 2.89 bits per heavy atom. The van der Waals surface area contributed by atoms with Crippen LogP contribution in [0.5, 0.6) is 0 Å². The highest BCUT2D eigenvalue weighted by Gasteiger charge is 2.24. The van der Waals surface area contributed by atoms with Crippen molar-refractivity contribution < 1.29 is 4.79 Å². The number of rotatable bonds is 0. The van der Waals surface area contributed by atoms with Gasteiger partial charge in [-0.2, -0.15) is 0 Å². The van der Waals surface area contributed by atoms with Crippen molar-refractivity contribution in [3.8, 4) is 0 Å². The molecule has 46 valence electrons. The first-order valence-electron chi connectivity index (χ1n) is 3.29. The Bertz CT molecular complexity index is 211. The molecule has 0 saturated heterocycles. The Morgan fingerprint density at radius 1 is 1.56 bits per heavy atom. The molecule has 0 bridgehead atoms. The van der Waals surface area contributed by atoms with Gasteiger partial charge >= 0.3 is 0 Å². The Kier molecular flexibility index (Phi) is 0.865. The molecule has 2 aliphatic carbocycles. The first kappa shape index (κ1) is 4.98. The molecule has 0 aromatic carbocycles. The molecule has 9 heavy (non-hydrogen) atoms. The van der Waals surface area contributed by atoms with E-state index >= 15 is 0 Å². The molecule has 0 amide bonds. The lowest BCUT2D eigenvalue weighted by atomic mass is 9.76. The van der Waals surface area contributed by atoms with Gasteiger partial charge in [-0.15, -0.1) is 0 Å². The molecule has 2 aliphatic rings. The molecular weight excluding hydrogens is 112 g/mol. The largest absolute Gasteiger partial charge is 0.290 e. The van der Waals surface area contributed by atoms with E-state index in [1.54, 1.807) is 12.2 Å². The number of hydrogen-bond acceptors (Lipinski definition) is 1. The van der Waals surface area contributed by atoms with Crippen LogP contribution in [-0.4, -0.2) is 5.78 Å². The van der Waals surface area contributed by atoms with E-state index in [4.69, 9.17) is 0 Å². The predicted octanol–water partition coefficient (Wildman–Crippen LogP) is 1.46. The second kappa shape index (κ2) is 1.56. The first-order valence-corrected chi connectivity index (χ1v) is 3.29. The lowest BCUT2D eigenvalue weighted by Gasteiger charge is -2.28. The van der Waals surface area contributed by atoms with Crippen LogP contribution in [0.3, 0.4) is 0 Å². The number of carbonyl (C=O) groups excluding carboxylic acids is 1. The maximum Gasteiger partial charge on any atom is 0.178 e. The molecule has 0 aliphatic heterocycles. The summed E-state index contributed by atoms with van der Waals surface area (Å²) < 4.78 is 0. The quantitative estimate of drug-likeness (QED) is 0.473. The molecule has 0 aromatic rings. The van der Waals surface area contributed by atoms with Crippen molar-refractivity contribution in [2.75, 3.05) is 0 Å². The van der Waals surface area contributed by atoms with E-state index in [1.807, 2.05) is 6.08 Å². The summed E-state index contributed by atoms with van der Waals surface area (Å²) in [6.45, 7) is 0. The minimum atomic E-state index is 0.168. The van der Waals surface area contributed by atoms with E-state index in [-0.39, 0.29) is 5.78 Å². The van der Waals surface area contributed by atoms with Crippen molar-refractivity contribution in [1.82, 2.24) is 0 Å². The van der Waals surface area contributed by atoms with Crippen LogP contribution in [0.2, 0.25) is 0 Å². The molecule has 1 atom stereocenters. The fourth-order valence-corrected chi connectivity index (χ4v) is 1.32. The van der Waals surface area contributed by atoms with Crippen LogP contribution in [0.25, 0.3) is 0 Å². The van der Waals surface area contributed by atoms with Gasteiger partial charge in [0.15, 0.2) is 5.78 Å². The molecular formula is C8H8O. The number of fused-ring (bicyclic) bond motifs is 1. The van der Waals surface area contributed by atoms with E-state index < -0.39 is 0 Å². The fourth-order valence-electron chi connectivity index (χ4n) is 1.32. The fraction of sp³-hybridized carbons (Fsp3) is 0.375. The van der Waals surface area contributed by atoms with Crippen LogP contribution < -0.4 is 0 Å². The second-order valence-electron chi connectivity index (χ2n) is 2.63. The molecule has 0 spiro atoms. The van der Waals surface area contributed by atoms with Crippen LogP contribution >= 0.6 is 0 Å². The third kappa shape index (κ3) is 0.645. The van der Waals surface area contributed by atoms with E-state index in [0.717, 1.165) is 6.42 Å². The molecule has 1 fully saturated rings. The van der Waals surface area contributed by atoms with Crippen molar-refractivity contribution in [3.05, 3.63) is 23.8 Å². The SMILES string of the molecule is O=C1C=CC2CCC2=C1. The standard InChI is InChI=1S/C8H8O/c9-8-4-3-6-1-2-7(6)5-8/h3-6H,1-2H2. The van der Waals surface area contributed by atoms with Gasteiger partial charge in [0.1, 0.15) is 0 Å². The van der Waals surface area contributed by atoms with Crippen LogP contribution in [0.1, 0.15) is 12.8 Å². The first-order chi connectivity index (χ1) is 4.36. The summed E-state index contributed by atoms with van der Waals surface area (Å²) >= 11 is 0. The predicted molar refractivity (Wildman–Crippen MR) is 35.0 cm³/mol. The van der Waals surface area contributed by atoms with Crippen molar-refractivity contribution in [3.63, 3.8) is 0 Å². The minimum Gasteiger partial charge on any atom is -0.290 e. The number of carbonyl (C=O) groups is 1. The van der Waals surface area contributed by atoms with Gasteiger partial charge < -0.3 is 0 Å². The van der Waals surface area contributed by atoms with E-state index in [1.165, 1.54) is 12.0 Å². The van der Waals surface area contributed by atoms with E-state index in [2.05, 4.69) is 0 Å². The topological polar surface area (TPSA) is 17.1 Å². The van der Waals surface area contributed by atoms with Gasteiger partial charge in [0.05, 0.1) is 0 Å². The van der Waals surface area contributed by atoms with Crippen molar-refractivity contribution in [2.24, 2.45) is 5.92 Å². The lowest BCUT2D eigenvalue weighted by Crippen LogP contribution is -2.17. The molecule has 0 radical (unpaired) electrons. The maximum atomic E-state index is 10.7. The third-order valence-corrected chi connectivity index (χ3v) is 2.04. The summed E-state index contributed by atoms with van der Waals surface area (Å²) in [5.74, 6) is 0.795. The third-order valence-electron chi connectivity index (χ3n) is 2.04. The normalized spacial score (nSPS) is 30.9. The van der Waals surface area contributed by atoms with Crippen LogP contribution in [0.15, 0.2) is 23.8 Å². The second-order valence-corrected chi connectivity index (χ2v) is 2.63. The highest BCUT2D eigenvalue weighted by atomic mass is 16.1. The summed E-state index contributed by atoms with van der Waals surface area (Å²) in [6, 6.07) is 0.